The summed E-state index contributed by atoms with van der Waals surface area (Å²) in [7, 11) is 12.0. The molecule has 9 heterocycles. The summed E-state index contributed by atoms with van der Waals surface area (Å²) < 4.78 is 29.4. The number of Topliss-reactive ketones (excluding diaryl/α,β-unsaturated/α-hetero) is 1. The fraction of sp³-hybridized carbons (Fsp3) is 0.356. The minimum Gasteiger partial charge on any atom is -0.854 e. The number of hydrogen-bond acceptors (Lipinski definition) is 16. The number of H-pyrrole nitrogens is 4. The standard InChI is InChI=1S/C17H22N6O.C16H19N3O2.C11H15N3O.C7H5FN2.C5H5ClO.C3H7O.K/c1-4-11-7-15(22-17(18)21-11)14-10-20-16-13(14)8-12(9-19-16)24-6-5-23(2)3;1-4-5-6-15(20)14-11-18-16-13(14)9-12(10-17-16)21-8-7-19(2)3;1-14(2)5-6-15-10-7-9-3-4-12-11(9)13-8-10;8-6-3-5-1-2-9-7(5)10-4-6;1-2-3-4-5(6)7;1-2-3-4;/h7-10H,4-6H2,1-3H3,(H,19,20)(H2,18,21,22);9-11H,4,7-8H2,1-3H3,(H,17,18);3-4,7-8H,5-6H2,1-2H3,(H,12,13);1-4H,(H,9,10);2H2,1H3;2-3H2,1H3;/q;;;;;-1;+1. The van der Waals surface area contributed by atoms with Crippen molar-refractivity contribution < 1.29 is 84.7 Å². The number of carbonyl (C=O) groups is 2. The van der Waals surface area contributed by atoms with E-state index in [1.54, 1.807) is 37.1 Å². The fourth-order valence-electron chi connectivity index (χ4n) is 6.71. The number of aryl methyl sites for hydroxylation is 1. The molecule has 430 valence electrons. The molecule has 23 heteroatoms. The van der Waals surface area contributed by atoms with E-state index in [1.807, 2.05) is 118 Å². The van der Waals surface area contributed by atoms with Crippen LogP contribution in [-0.4, -0.2) is 164 Å². The number of nitrogens with two attached hydrogens (primary N) is 1. The van der Waals surface area contributed by atoms with Gasteiger partial charge >= 0.3 is 51.4 Å². The first-order chi connectivity index (χ1) is 39.0. The number of nitrogens with one attached hydrogen (secondary N) is 4. The Morgan fingerprint density at radius 3 is 1.62 bits per heavy atom. The van der Waals surface area contributed by atoms with E-state index < -0.39 is 5.24 Å². The van der Waals surface area contributed by atoms with Gasteiger partial charge in [-0.05, 0) is 115 Å². The first-order valence-corrected chi connectivity index (χ1v) is 26.6. The van der Waals surface area contributed by atoms with Crippen molar-refractivity contribution in [3.05, 3.63) is 109 Å². The number of aromatic amines is 4. The molecule has 0 radical (unpaired) electrons. The van der Waals surface area contributed by atoms with Crippen LogP contribution in [0.2, 0.25) is 0 Å². The molecule has 0 aliphatic heterocycles. The Bertz CT molecular complexity index is 3480. The molecule has 0 fully saturated rings. The number of ether oxygens (including phenoxy) is 3. The summed E-state index contributed by atoms with van der Waals surface area (Å²) in [4.78, 5) is 65.4. The molecule has 0 bridgehead atoms. The zero-order valence-corrected chi connectivity index (χ0v) is 52.6. The SMILES string of the molecule is CCC#CC(=O)Cl.CCC#CC(=O)c1c[nH]c2ncc(OCCN(C)C)cc12.CCC[O-].CCc1cc(-c2c[nH]c3ncc(OCCN(C)C)cc23)nc(N)n1.CN(C)CCOc1cnc2[nH]ccc2c1.Fc1cnc2[nH]ccc2c1.[K+]. The molecular weight excluding hydrogens is 1090 g/mol. The number of anilines is 1. The Labute approximate surface area is 526 Å². The van der Waals surface area contributed by atoms with Crippen molar-refractivity contribution in [3.8, 4) is 52.2 Å². The first kappa shape index (κ1) is 69.5. The number of ketones is 1. The van der Waals surface area contributed by atoms with Gasteiger partial charge < -0.3 is 59.7 Å². The molecule has 9 rings (SSSR count). The summed E-state index contributed by atoms with van der Waals surface area (Å²) in [6.45, 7) is 12.2. The number of nitrogen functional groups attached to an aromatic ring is 1. The maximum atomic E-state index is 12.4. The van der Waals surface area contributed by atoms with Crippen molar-refractivity contribution >= 4 is 72.7 Å². The van der Waals surface area contributed by atoms with Gasteiger partial charge in [0, 0.05) is 90.1 Å². The monoisotopic (exact) mass is 1170 g/mol. The van der Waals surface area contributed by atoms with Crippen LogP contribution in [0.25, 0.3) is 55.4 Å². The summed E-state index contributed by atoms with van der Waals surface area (Å²) in [6.07, 6.45) is 16.4. The molecule has 0 amide bonds. The largest absolute Gasteiger partial charge is 1.00 e. The second-order valence-corrected chi connectivity index (χ2v) is 18.6. The third kappa shape index (κ3) is 24.7. The molecular formula is C59H73ClFKN14O6. The number of rotatable bonds is 16. The van der Waals surface area contributed by atoms with Crippen molar-refractivity contribution in [2.24, 2.45) is 0 Å². The van der Waals surface area contributed by atoms with E-state index in [2.05, 4.69) is 83.3 Å². The van der Waals surface area contributed by atoms with Gasteiger partial charge in [0.2, 0.25) is 11.7 Å². The molecule has 0 unspecified atom stereocenters. The Morgan fingerprint density at radius 2 is 1.12 bits per heavy atom. The number of likely N-dealkylation sites (N-methyl/N-ethyl adjacent to an activating group) is 3. The van der Waals surface area contributed by atoms with Gasteiger partial charge in [-0.3, -0.25) is 9.59 Å². The average Bonchev–Trinajstić information content (AvgIpc) is 4.45. The number of aromatic nitrogens is 10. The summed E-state index contributed by atoms with van der Waals surface area (Å²) in [5, 5.41) is 12.3. The van der Waals surface area contributed by atoms with Crippen molar-refractivity contribution in [2.45, 2.75) is 53.4 Å². The van der Waals surface area contributed by atoms with Crippen molar-refractivity contribution in [1.29, 1.82) is 0 Å². The summed E-state index contributed by atoms with van der Waals surface area (Å²) >= 11 is 4.84. The maximum absolute atomic E-state index is 12.4. The van der Waals surface area contributed by atoms with E-state index >= 15 is 0 Å². The third-order valence-corrected chi connectivity index (χ3v) is 10.9. The van der Waals surface area contributed by atoms with Crippen molar-refractivity contribution in [2.75, 3.05) is 94.1 Å². The van der Waals surface area contributed by atoms with Crippen LogP contribution in [0, 0.1) is 29.5 Å². The molecule has 0 saturated carbocycles. The number of pyridine rings is 4. The minimum atomic E-state index is -0.582. The van der Waals surface area contributed by atoms with Crippen molar-refractivity contribution in [3.63, 3.8) is 0 Å². The zero-order chi connectivity index (χ0) is 59.1. The van der Waals surface area contributed by atoms with Crippen LogP contribution >= 0.6 is 11.6 Å². The number of nitrogens with zero attached hydrogens (tertiary/aromatic N) is 9. The first-order valence-electron chi connectivity index (χ1n) is 26.2. The molecule has 0 aliphatic rings. The summed E-state index contributed by atoms with van der Waals surface area (Å²) in [5.74, 6) is 12.1. The van der Waals surface area contributed by atoms with E-state index in [4.69, 9.17) is 31.5 Å². The van der Waals surface area contributed by atoms with Gasteiger partial charge in [-0.15, -0.1) is 6.61 Å². The van der Waals surface area contributed by atoms with Crippen LogP contribution in [0.5, 0.6) is 17.2 Å². The zero-order valence-electron chi connectivity index (χ0n) is 48.7. The Kier molecular flexibility index (Phi) is 32.2. The third-order valence-electron chi connectivity index (χ3n) is 10.8. The normalized spacial score (nSPS) is 10.2. The molecule has 0 aromatic carbocycles. The second-order valence-electron chi connectivity index (χ2n) is 18.2. The summed E-state index contributed by atoms with van der Waals surface area (Å²) in [5.41, 5.74) is 12.1. The quantitative estimate of drug-likeness (QED) is 0.0269. The van der Waals surface area contributed by atoms with Gasteiger partial charge in [-0.1, -0.05) is 46.0 Å². The maximum Gasteiger partial charge on any atom is 1.00 e. The molecule has 0 spiro atoms. The molecule has 9 aromatic heterocycles. The van der Waals surface area contributed by atoms with Gasteiger partial charge in [0.15, 0.2) is 0 Å². The van der Waals surface area contributed by atoms with Gasteiger partial charge in [0.1, 0.15) is 65.5 Å². The Balaban J connectivity index is 0.000000277. The Hall–Kier alpha value is -6.80. The molecule has 6 N–H and O–H groups in total. The smallest absolute Gasteiger partial charge is 0.854 e. The fourth-order valence-corrected chi connectivity index (χ4v) is 6.77. The van der Waals surface area contributed by atoms with Gasteiger partial charge in [-0.2, -0.15) is 0 Å². The Morgan fingerprint density at radius 1 is 0.646 bits per heavy atom. The van der Waals surface area contributed by atoms with Gasteiger partial charge in [0.05, 0.1) is 36.0 Å². The van der Waals surface area contributed by atoms with Crippen LogP contribution in [0.3, 0.4) is 0 Å². The van der Waals surface area contributed by atoms with Crippen LogP contribution in [0.4, 0.5) is 10.3 Å². The predicted molar refractivity (Wildman–Crippen MR) is 318 cm³/mol. The van der Waals surface area contributed by atoms with Crippen LogP contribution < -0.4 is 76.4 Å². The van der Waals surface area contributed by atoms with Crippen LogP contribution in [0.1, 0.15) is 63.0 Å². The van der Waals surface area contributed by atoms with E-state index in [0.29, 0.717) is 49.6 Å². The molecule has 82 heavy (non-hydrogen) atoms. The molecule has 0 saturated heterocycles. The van der Waals surface area contributed by atoms with Crippen LogP contribution in [-0.2, 0) is 11.2 Å². The van der Waals surface area contributed by atoms with Crippen LogP contribution in [0.15, 0.2) is 92.0 Å². The molecule has 0 aliphatic carbocycles. The van der Waals surface area contributed by atoms with E-state index in [9.17, 15) is 19.1 Å². The molecule has 0 atom stereocenters. The van der Waals surface area contributed by atoms with E-state index in [1.165, 1.54) is 12.3 Å². The number of hydrogen-bond donors (Lipinski definition) is 5. The minimum absolute atomic E-state index is 0. The van der Waals surface area contributed by atoms with E-state index in [0.717, 1.165) is 99.4 Å². The van der Waals surface area contributed by atoms with E-state index in [-0.39, 0.29) is 75.5 Å². The molecule has 9 aromatic rings. The topological polar surface area (TPSA) is 261 Å². The van der Waals surface area contributed by atoms with Gasteiger partial charge in [-0.25, -0.2) is 34.3 Å². The van der Waals surface area contributed by atoms with Crippen molar-refractivity contribution in [1.82, 2.24) is 64.5 Å². The average molecular weight is 1170 g/mol. The number of carbonyl (C=O) groups excluding carboxylic acids is 2. The predicted octanol–water partition coefficient (Wildman–Crippen LogP) is 5.34. The summed E-state index contributed by atoms with van der Waals surface area (Å²) in [6, 6.07) is 13.0. The number of fused-ring (bicyclic) bond motifs is 4. The molecule has 20 nitrogen and oxygen atoms in total. The van der Waals surface area contributed by atoms with Gasteiger partial charge in [0.25, 0.3) is 5.24 Å². The number of halogens is 2. The second kappa shape index (κ2) is 38.1.